The molecule has 0 aliphatic carbocycles. The number of pyridine rings is 1. The highest BCUT2D eigenvalue weighted by atomic mass is 16.6. The van der Waals surface area contributed by atoms with Crippen LogP contribution in [-0.4, -0.2) is 30.7 Å². The van der Waals surface area contributed by atoms with Gasteiger partial charge in [0, 0.05) is 23.2 Å². The van der Waals surface area contributed by atoms with Crippen LogP contribution in [0.1, 0.15) is 11.3 Å². The maximum atomic E-state index is 12.3. The SMILES string of the molecule is Cc1ccc2cccc(Nc3ncnc(NNC(=O)Cc4ccc([N+](=O)[O-])cc4)c3[N+](=O)[O-])c2n1. The number of nitrogens with zero attached hydrogens (tertiary/aromatic N) is 5. The van der Waals surface area contributed by atoms with Gasteiger partial charge in [0.05, 0.1) is 27.5 Å². The number of non-ortho nitro benzene ring substituents is 1. The van der Waals surface area contributed by atoms with Crippen LogP contribution < -0.4 is 16.2 Å². The Kier molecular flexibility index (Phi) is 6.39. The number of anilines is 3. The van der Waals surface area contributed by atoms with Crippen molar-refractivity contribution in [2.24, 2.45) is 0 Å². The van der Waals surface area contributed by atoms with Crippen molar-refractivity contribution < 1.29 is 14.6 Å². The number of fused-ring (bicyclic) bond motifs is 1. The fourth-order valence-corrected chi connectivity index (χ4v) is 3.30. The van der Waals surface area contributed by atoms with Gasteiger partial charge in [-0.3, -0.25) is 40.9 Å². The fraction of sp³-hybridized carbons (Fsp3) is 0.0909. The molecular formula is C22H18N8O5. The van der Waals surface area contributed by atoms with Crippen molar-refractivity contribution in [2.45, 2.75) is 13.3 Å². The molecule has 176 valence electrons. The van der Waals surface area contributed by atoms with Gasteiger partial charge in [-0.05, 0) is 24.6 Å². The van der Waals surface area contributed by atoms with Crippen LogP contribution in [0.15, 0.2) is 60.9 Å². The maximum absolute atomic E-state index is 12.3. The predicted octanol–water partition coefficient (Wildman–Crippen LogP) is 3.58. The molecule has 13 nitrogen and oxygen atoms in total. The van der Waals surface area contributed by atoms with E-state index in [9.17, 15) is 25.0 Å². The van der Waals surface area contributed by atoms with Crippen LogP contribution in [0.5, 0.6) is 0 Å². The predicted molar refractivity (Wildman–Crippen MR) is 127 cm³/mol. The minimum absolute atomic E-state index is 0.0899. The normalized spacial score (nSPS) is 10.5. The molecule has 2 aromatic heterocycles. The fourth-order valence-electron chi connectivity index (χ4n) is 3.30. The van der Waals surface area contributed by atoms with Crippen LogP contribution >= 0.6 is 0 Å². The van der Waals surface area contributed by atoms with Crippen LogP contribution in [0.3, 0.4) is 0 Å². The average Bonchev–Trinajstić information content (AvgIpc) is 2.83. The minimum atomic E-state index is -0.670. The number of hydrogen-bond acceptors (Lipinski definition) is 10. The number of hydrazine groups is 1. The van der Waals surface area contributed by atoms with E-state index < -0.39 is 21.4 Å². The van der Waals surface area contributed by atoms with Crippen LogP contribution in [0.25, 0.3) is 10.9 Å². The van der Waals surface area contributed by atoms with E-state index in [0.29, 0.717) is 16.8 Å². The summed E-state index contributed by atoms with van der Waals surface area (Å²) in [6.07, 6.45) is 1.000. The van der Waals surface area contributed by atoms with Crippen molar-refractivity contribution in [1.82, 2.24) is 20.4 Å². The Bertz CT molecular complexity index is 1440. The standard InChI is InChI=1S/C22H18N8O5/c1-13-5-8-15-3-2-4-17(19(15)25-13)26-21-20(30(34)35)22(24-12-23-21)28-27-18(31)11-14-6-9-16(10-7-14)29(32)33/h2-10,12H,11H2,1H3,(H,27,31)(H2,23,24,26,28). The Morgan fingerprint density at radius 3 is 2.40 bits per heavy atom. The van der Waals surface area contributed by atoms with Crippen LogP contribution in [0, 0.1) is 27.2 Å². The van der Waals surface area contributed by atoms with Gasteiger partial charge in [-0.25, -0.2) is 9.97 Å². The molecule has 0 spiro atoms. The summed E-state index contributed by atoms with van der Waals surface area (Å²) in [6.45, 7) is 1.84. The maximum Gasteiger partial charge on any atom is 0.355 e. The monoisotopic (exact) mass is 474 g/mol. The number of benzene rings is 2. The number of rotatable bonds is 8. The summed E-state index contributed by atoms with van der Waals surface area (Å²) < 4.78 is 0. The van der Waals surface area contributed by atoms with Gasteiger partial charge in [0.1, 0.15) is 6.33 Å². The summed E-state index contributed by atoms with van der Waals surface area (Å²) in [7, 11) is 0. The average molecular weight is 474 g/mol. The zero-order valence-corrected chi connectivity index (χ0v) is 18.3. The Morgan fingerprint density at radius 1 is 0.943 bits per heavy atom. The van der Waals surface area contributed by atoms with Gasteiger partial charge in [0.25, 0.3) is 5.69 Å². The summed E-state index contributed by atoms with van der Waals surface area (Å²) >= 11 is 0. The molecule has 3 N–H and O–H groups in total. The number of aromatic nitrogens is 3. The third-order valence-corrected chi connectivity index (χ3v) is 4.95. The Morgan fingerprint density at radius 2 is 1.69 bits per heavy atom. The van der Waals surface area contributed by atoms with Crippen molar-refractivity contribution in [2.75, 3.05) is 10.7 Å². The summed E-state index contributed by atoms with van der Waals surface area (Å²) in [5.74, 6) is -0.850. The summed E-state index contributed by atoms with van der Waals surface area (Å²) in [5, 5.41) is 26.4. The molecule has 2 heterocycles. The van der Waals surface area contributed by atoms with Crippen molar-refractivity contribution >= 4 is 45.5 Å². The second-order valence-electron chi connectivity index (χ2n) is 7.41. The first-order valence-corrected chi connectivity index (χ1v) is 10.2. The molecule has 0 unspecified atom stereocenters. The van der Waals surface area contributed by atoms with E-state index in [0.717, 1.165) is 17.4 Å². The molecule has 0 bridgehead atoms. The molecule has 0 saturated carbocycles. The zero-order valence-electron chi connectivity index (χ0n) is 18.3. The van der Waals surface area contributed by atoms with Gasteiger partial charge < -0.3 is 5.32 Å². The Labute approximate surface area is 197 Å². The van der Waals surface area contributed by atoms with E-state index in [1.807, 2.05) is 25.1 Å². The first-order chi connectivity index (χ1) is 16.8. The summed E-state index contributed by atoms with van der Waals surface area (Å²) in [4.78, 5) is 46.0. The molecule has 13 heteroatoms. The number of amides is 1. The first kappa shape index (κ1) is 23.0. The Hall–Kier alpha value is -5.20. The van der Waals surface area contributed by atoms with E-state index in [2.05, 4.69) is 31.1 Å². The molecule has 0 aliphatic rings. The lowest BCUT2D eigenvalue weighted by Crippen LogP contribution is -2.31. The molecule has 0 radical (unpaired) electrons. The van der Waals surface area contributed by atoms with Gasteiger partial charge >= 0.3 is 5.69 Å². The Balaban J connectivity index is 1.53. The first-order valence-electron chi connectivity index (χ1n) is 10.2. The van der Waals surface area contributed by atoms with Crippen LogP contribution in [0.4, 0.5) is 28.7 Å². The molecule has 1 amide bonds. The number of carbonyl (C=O) groups is 1. The van der Waals surface area contributed by atoms with Crippen molar-refractivity contribution in [3.63, 3.8) is 0 Å². The lowest BCUT2D eigenvalue weighted by molar-refractivity contribution is -0.384. The van der Waals surface area contributed by atoms with Gasteiger partial charge in [0.2, 0.25) is 17.5 Å². The van der Waals surface area contributed by atoms with Gasteiger partial charge in [-0.15, -0.1) is 0 Å². The molecule has 4 rings (SSSR count). The third kappa shape index (κ3) is 5.24. The van der Waals surface area contributed by atoms with Crippen molar-refractivity contribution in [1.29, 1.82) is 0 Å². The number of nitro groups is 2. The van der Waals surface area contributed by atoms with E-state index in [1.165, 1.54) is 24.3 Å². The van der Waals surface area contributed by atoms with Crippen molar-refractivity contribution in [3.05, 3.63) is 92.4 Å². The number of nitro benzene ring substituents is 1. The number of carbonyl (C=O) groups excluding carboxylic acids is 1. The van der Waals surface area contributed by atoms with Crippen LogP contribution in [-0.2, 0) is 11.2 Å². The topological polar surface area (TPSA) is 178 Å². The summed E-state index contributed by atoms with van der Waals surface area (Å²) in [6, 6.07) is 14.6. The molecule has 2 aromatic carbocycles. The summed E-state index contributed by atoms with van der Waals surface area (Å²) in [5.41, 5.74) is 6.67. The van der Waals surface area contributed by atoms with Gasteiger partial charge in [0.15, 0.2) is 0 Å². The lowest BCUT2D eigenvalue weighted by Gasteiger charge is -2.12. The smallest absolute Gasteiger partial charge is 0.332 e. The van der Waals surface area contributed by atoms with E-state index in [-0.39, 0.29) is 23.7 Å². The van der Waals surface area contributed by atoms with Gasteiger partial charge in [-0.1, -0.05) is 30.3 Å². The molecule has 0 aliphatic heterocycles. The molecule has 0 fully saturated rings. The van der Waals surface area contributed by atoms with E-state index in [4.69, 9.17) is 0 Å². The highest BCUT2D eigenvalue weighted by molar-refractivity contribution is 5.93. The quantitative estimate of drug-likeness (QED) is 0.252. The third-order valence-electron chi connectivity index (χ3n) is 4.95. The molecule has 0 atom stereocenters. The number of para-hydroxylation sites is 1. The zero-order chi connectivity index (χ0) is 24.9. The van der Waals surface area contributed by atoms with E-state index in [1.54, 1.807) is 12.1 Å². The number of hydrogen-bond donors (Lipinski definition) is 3. The van der Waals surface area contributed by atoms with Gasteiger partial charge in [-0.2, -0.15) is 0 Å². The lowest BCUT2D eigenvalue weighted by atomic mass is 10.1. The molecule has 0 saturated heterocycles. The van der Waals surface area contributed by atoms with Crippen LogP contribution in [0.2, 0.25) is 0 Å². The number of aryl methyl sites for hydroxylation is 1. The van der Waals surface area contributed by atoms with E-state index >= 15 is 0 Å². The number of nitrogens with one attached hydrogen (secondary N) is 3. The highest BCUT2D eigenvalue weighted by Crippen LogP contribution is 2.32. The molecular weight excluding hydrogens is 456 g/mol. The highest BCUT2D eigenvalue weighted by Gasteiger charge is 2.24. The van der Waals surface area contributed by atoms with Crippen molar-refractivity contribution in [3.8, 4) is 0 Å². The largest absolute Gasteiger partial charge is 0.355 e. The molecule has 35 heavy (non-hydrogen) atoms. The second kappa shape index (κ2) is 9.74. The minimum Gasteiger partial charge on any atom is -0.332 e. The second-order valence-corrected chi connectivity index (χ2v) is 7.41. The molecule has 4 aromatic rings.